The Bertz CT molecular complexity index is 964. The van der Waals surface area contributed by atoms with Crippen molar-refractivity contribution in [2.45, 2.75) is 32.7 Å². The Labute approximate surface area is 165 Å². The molecule has 1 atom stereocenters. The predicted molar refractivity (Wildman–Crippen MR) is 109 cm³/mol. The number of carbonyl (C=O) groups excluding carboxylic acids is 1. The maximum Gasteiger partial charge on any atom is 0.226 e. The molecule has 1 aliphatic carbocycles. The van der Waals surface area contributed by atoms with Gasteiger partial charge in [0.15, 0.2) is 5.75 Å². The Morgan fingerprint density at radius 1 is 1.11 bits per heavy atom. The van der Waals surface area contributed by atoms with Crippen molar-refractivity contribution in [2.75, 3.05) is 19.6 Å². The zero-order valence-electron chi connectivity index (χ0n) is 16.4. The van der Waals surface area contributed by atoms with E-state index in [1.54, 1.807) is 0 Å². The Kier molecular flexibility index (Phi) is 4.11. The molecule has 5 rings (SSSR count). The highest BCUT2D eigenvalue weighted by Gasteiger charge is 2.38. The number of aryl methyl sites for hydroxylation is 1. The standard InChI is InChI=1S/C23H25N3O2/c1-15-7-10-19-21(13-15)28-20-6-4-3-5-18(20)22(24-19)25-11-12-26(16(2)14-25)23(27)17-8-9-17/h3-7,10,13,16-17H,8-9,11-12,14H2,1-2H3. The smallest absolute Gasteiger partial charge is 0.226 e. The third kappa shape index (κ3) is 3.05. The van der Waals surface area contributed by atoms with Crippen molar-refractivity contribution >= 4 is 17.4 Å². The van der Waals surface area contributed by atoms with Crippen molar-refractivity contribution in [1.29, 1.82) is 0 Å². The Morgan fingerprint density at radius 3 is 2.71 bits per heavy atom. The summed E-state index contributed by atoms with van der Waals surface area (Å²) in [5.74, 6) is 3.16. The van der Waals surface area contributed by atoms with E-state index < -0.39 is 0 Å². The summed E-state index contributed by atoms with van der Waals surface area (Å²) in [5.41, 5.74) is 3.00. The number of hydrogen-bond donors (Lipinski definition) is 0. The summed E-state index contributed by atoms with van der Waals surface area (Å²) in [4.78, 5) is 21.9. The molecule has 3 aliphatic rings. The van der Waals surface area contributed by atoms with Gasteiger partial charge in [0.2, 0.25) is 5.91 Å². The number of nitrogens with zero attached hydrogens (tertiary/aromatic N) is 3. The van der Waals surface area contributed by atoms with E-state index in [1.807, 2.05) is 30.3 Å². The lowest BCUT2D eigenvalue weighted by Gasteiger charge is -2.41. The molecule has 1 amide bonds. The third-order valence-electron chi connectivity index (χ3n) is 5.83. The van der Waals surface area contributed by atoms with Crippen molar-refractivity contribution in [3.8, 4) is 11.5 Å². The van der Waals surface area contributed by atoms with Crippen LogP contribution in [0.5, 0.6) is 11.5 Å². The van der Waals surface area contributed by atoms with E-state index >= 15 is 0 Å². The maximum atomic E-state index is 12.6. The molecule has 144 valence electrons. The minimum Gasteiger partial charge on any atom is -0.454 e. The molecule has 28 heavy (non-hydrogen) atoms. The van der Waals surface area contributed by atoms with Crippen LogP contribution < -0.4 is 4.74 Å². The number of para-hydroxylation sites is 1. The first-order chi connectivity index (χ1) is 13.6. The van der Waals surface area contributed by atoms with Crippen LogP contribution in [0.3, 0.4) is 0 Å². The summed E-state index contributed by atoms with van der Waals surface area (Å²) < 4.78 is 6.22. The van der Waals surface area contributed by atoms with Crippen LogP contribution in [0.2, 0.25) is 0 Å². The van der Waals surface area contributed by atoms with E-state index in [9.17, 15) is 4.79 Å². The van der Waals surface area contributed by atoms with Crippen LogP contribution in [0, 0.1) is 12.8 Å². The van der Waals surface area contributed by atoms with Crippen molar-refractivity contribution in [1.82, 2.24) is 9.80 Å². The highest BCUT2D eigenvalue weighted by molar-refractivity contribution is 6.04. The Balaban J connectivity index is 1.49. The van der Waals surface area contributed by atoms with E-state index in [-0.39, 0.29) is 12.0 Å². The van der Waals surface area contributed by atoms with Crippen LogP contribution in [0.4, 0.5) is 5.69 Å². The van der Waals surface area contributed by atoms with Gasteiger partial charge >= 0.3 is 0 Å². The first-order valence-corrected chi connectivity index (χ1v) is 10.1. The zero-order chi connectivity index (χ0) is 19.3. The monoisotopic (exact) mass is 375 g/mol. The van der Waals surface area contributed by atoms with Gasteiger partial charge in [-0.2, -0.15) is 0 Å². The minimum absolute atomic E-state index is 0.179. The topological polar surface area (TPSA) is 45.1 Å². The van der Waals surface area contributed by atoms with Crippen LogP contribution >= 0.6 is 0 Å². The molecule has 1 saturated carbocycles. The number of carbonyl (C=O) groups is 1. The summed E-state index contributed by atoms with van der Waals surface area (Å²) in [6, 6.07) is 14.4. The van der Waals surface area contributed by atoms with Gasteiger partial charge in [-0.05, 0) is 56.5 Å². The Morgan fingerprint density at radius 2 is 1.93 bits per heavy atom. The van der Waals surface area contributed by atoms with E-state index in [4.69, 9.17) is 9.73 Å². The van der Waals surface area contributed by atoms with Gasteiger partial charge in [0.1, 0.15) is 17.3 Å². The first kappa shape index (κ1) is 17.3. The molecule has 0 spiro atoms. The van der Waals surface area contributed by atoms with Crippen molar-refractivity contribution < 1.29 is 9.53 Å². The summed E-state index contributed by atoms with van der Waals surface area (Å²) in [5, 5.41) is 0. The van der Waals surface area contributed by atoms with Crippen molar-refractivity contribution in [3.05, 3.63) is 53.6 Å². The molecule has 2 heterocycles. The number of aliphatic imine (C=N–C) groups is 1. The number of amidine groups is 1. The van der Waals surface area contributed by atoms with E-state index in [1.165, 1.54) is 0 Å². The third-order valence-corrected chi connectivity index (χ3v) is 5.83. The highest BCUT2D eigenvalue weighted by Crippen LogP contribution is 2.39. The number of ether oxygens (including phenoxy) is 1. The summed E-state index contributed by atoms with van der Waals surface area (Å²) in [6.45, 7) is 6.52. The normalized spacial score (nSPS) is 21.2. The molecular formula is C23H25N3O2. The van der Waals surface area contributed by atoms with Crippen molar-refractivity contribution in [2.24, 2.45) is 10.9 Å². The number of amides is 1. The second-order valence-electron chi connectivity index (χ2n) is 8.11. The molecule has 5 nitrogen and oxygen atoms in total. The van der Waals surface area contributed by atoms with Crippen LogP contribution in [0.1, 0.15) is 30.9 Å². The average molecular weight is 375 g/mol. The number of rotatable bonds is 1. The van der Waals surface area contributed by atoms with Gasteiger partial charge in [0.05, 0.1) is 5.56 Å². The number of fused-ring (bicyclic) bond motifs is 2. The molecule has 1 unspecified atom stereocenters. The maximum absolute atomic E-state index is 12.6. The predicted octanol–water partition coefficient (Wildman–Crippen LogP) is 4.12. The molecule has 5 heteroatoms. The van der Waals surface area contributed by atoms with Gasteiger partial charge in [0, 0.05) is 31.6 Å². The fourth-order valence-electron chi connectivity index (χ4n) is 4.11. The summed E-state index contributed by atoms with van der Waals surface area (Å²) in [6.07, 6.45) is 2.11. The van der Waals surface area contributed by atoms with E-state index in [0.717, 1.165) is 66.6 Å². The van der Waals surface area contributed by atoms with E-state index in [2.05, 4.69) is 35.8 Å². The summed E-state index contributed by atoms with van der Waals surface area (Å²) in [7, 11) is 0. The van der Waals surface area contributed by atoms with Crippen LogP contribution in [-0.2, 0) is 4.79 Å². The van der Waals surface area contributed by atoms with Gasteiger partial charge < -0.3 is 14.5 Å². The number of benzene rings is 2. The summed E-state index contributed by atoms with van der Waals surface area (Å²) >= 11 is 0. The molecule has 0 radical (unpaired) electrons. The fraction of sp³-hybridized carbons (Fsp3) is 0.391. The molecule has 2 fully saturated rings. The molecule has 2 aromatic carbocycles. The van der Waals surface area contributed by atoms with Crippen LogP contribution in [0.15, 0.2) is 47.5 Å². The lowest BCUT2D eigenvalue weighted by atomic mass is 10.1. The van der Waals surface area contributed by atoms with Crippen LogP contribution in [-0.4, -0.2) is 47.2 Å². The Hall–Kier alpha value is -2.82. The lowest BCUT2D eigenvalue weighted by Crippen LogP contribution is -2.56. The van der Waals surface area contributed by atoms with Crippen LogP contribution in [0.25, 0.3) is 0 Å². The molecular weight excluding hydrogens is 350 g/mol. The second-order valence-corrected chi connectivity index (χ2v) is 8.11. The zero-order valence-corrected chi connectivity index (χ0v) is 16.4. The second kappa shape index (κ2) is 6.66. The largest absolute Gasteiger partial charge is 0.454 e. The highest BCUT2D eigenvalue weighted by atomic mass is 16.5. The SMILES string of the molecule is Cc1ccc2c(c1)Oc1ccccc1C(N1CCN(C(=O)C3CC3)C(C)C1)=N2. The minimum atomic E-state index is 0.179. The molecule has 0 N–H and O–H groups in total. The molecule has 2 aliphatic heterocycles. The lowest BCUT2D eigenvalue weighted by molar-refractivity contribution is -0.136. The molecule has 0 aromatic heterocycles. The number of piperazine rings is 1. The van der Waals surface area contributed by atoms with E-state index in [0.29, 0.717) is 5.91 Å². The molecule has 0 bridgehead atoms. The first-order valence-electron chi connectivity index (χ1n) is 10.1. The van der Waals surface area contributed by atoms with Gasteiger partial charge in [-0.15, -0.1) is 0 Å². The fourth-order valence-corrected chi connectivity index (χ4v) is 4.11. The molecule has 2 aromatic rings. The van der Waals surface area contributed by atoms with Gasteiger partial charge in [-0.25, -0.2) is 4.99 Å². The van der Waals surface area contributed by atoms with Gasteiger partial charge in [0.25, 0.3) is 0 Å². The van der Waals surface area contributed by atoms with Gasteiger partial charge in [-0.1, -0.05) is 18.2 Å². The molecule has 1 saturated heterocycles. The quantitative estimate of drug-likeness (QED) is 0.753. The number of hydrogen-bond acceptors (Lipinski definition) is 4. The van der Waals surface area contributed by atoms with Gasteiger partial charge in [-0.3, -0.25) is 4.79 Å². The van der Waals surface area contributed by atoms with Crippen molar-refractivity contribution in [3.63, 3.8) is 0 Å². The average Bonchev–Trinajstić information content (AvgIpc) is 3.53.